The fourth-order valence-electron chi connectivity index (χ4n) is 7.66. The largest absolute Gasteiger partial charge is 0.310 e. The van der Waals surface area contributed by atoms with Crippen LogP contribution >= 0.6 is 0 Å². The molecule has 0 bridgehead atoms. The van der Waals surface area contributed by atoms with Crippen LogP contribution in [-0.2, 0) is 5.41 Å². The van der Waals surface area contributed by atoms with Crippen LogP contribution in [0.2, 0.25) is 0 Å². The molecule has 0 unspecified atom stereocenters. The third-order valence-electron chi connectivity index (χ3n) is 9.34. The van der Waals surface area contributed by atoms with Gasteiger partial charge in [0, 0.05) is 17.4 Å². The first-order valence-electron chi connectivity index (χ1n) is 14.8. The molecule has 0 saturated heterocycles. The van der Waals surface area contributed by atoms with Gasteiger partial charge in [-0.2, -0.15) is 0 Å². The van der Waals surface area contributed by atoms with Gasteiger partial charge in [-0.15, -0.1) is 0 Å². The Morgan fingerprint density at radius 1 is 0.364 bits per heavy atom. The molecule has 0 heterocycles. The number of fused-ring (bicyclic) bond motifs is 11. The van der Waals surface area contributed by atoms with Crippen molar-refractivity contribution in [3.05, 3.63) is 186 Å². The normalized spacial score (nSPS) is 13.4. The number of benzene rings is 7. The average molecular weight is 570 g/mol. The van der Waals surface area contributed by atoms with Crippen molar-refractivity contribution >= 4 is 27.8 Å². The standard InChI is InChI=1S/C41H25F2N/c42-28-22-29(43)24-32(23-28)44(30-18-17-26-9-1-2-10-27(26)21-30)31-19-20-40-36(25-31)35-13-5-8-16-39(35)41(40)37-14-6-3-11-33(37)34-12-4-7-15-38(34)41/h1-25H. The van der Waals surface area contributed by atoms with Crippen LogP contribution in [0.1, 0.15) is 22.3 Å². The molecular weight excluding hydrogens is 544 g/mol. The van der Waals surface area contributed by atoms with E-state index in [1.807, 2.05) is 23.1 Å². The van der Waals surface area contributed by atoms with Gasteiger partial charge in [0.25, 0.3) is 0 Å². The summed E-state index contributed by atoms with van der Waals surface area (Å²) >= 11 is 0. The van der Waals surface area contributed by atoms with E-state index in [0.717, 1.165) is 33.8 Å². The fraction of sp³-hybridized carbons (Fsp3) is 0.0244. The highest BCUT2D eigenvalue weighted by Gasteiger charge is 2.51. The highest BCUT2D eigenvalue weighted by atomic mass is 19.1. The van der Waals surface area contributed by atoms with Crippen molar-refractivity contribution < 1.29 is 8.78 Å². The number of hydrogen-bond donors (Lipinski definition) is 0. The van der Waals surface area contributed by atoms with Crippen molar-refractivity contribution in [2.75, 3.05) is 4.90 Å². The van der Waals surface area contributed by atoms with Gasteiger partial charge in [-0.1, -0.05) is 109 Å². The van der Waals surface area contributed by atoms with Crippen LogP contribution in [-0.4, -0.2) is 0 Å². The number of rotatable bonds is 3. The molecule has 208 valence electrons. The molecule has 0 aliphatic heterocycles. The lowest BCUT2D eigenvalue weighted by Gasteiger charge is -2.31. The highest BCUT2D eigenvalue weighted by Crippen LogP contribution is 2.63. The van der Waals surface area contributed by atoms with Crippen molar-refractivity contribution in [3.63, 3.8) is 0 Å². The zero-order valence-electron chi connectivity index (χ0n) is 23.6. The molecule has 0 saturated carbocycles. The van der Waals surface area contributed by atoms with E-state index in [4.69, 9.17) is 0 Å². The highest BCUT2D eigenvalue weighted by molar-refractivity contribution is 5.97. The second-order valence-electron chi connectivity index (χ2n) is 11.6. The first-order chi connectivity index (χ1) is 21.6. The lowest BCUT2D eigenvalue weighted by Crippen LogP contribution is -2.25. The Kier molecular flexibility index (Phi) is 5.24. The molecular formula is C41H25F2N. The van der Waals surface area contributed by atoms with Gasteiger partial charge in [0.05, 0.1) is 11.1 Å². The van der Waals surface area contributed by atoms with Crippen molar-refractivity contribution in [3.8, 4) is 22.3 Å². The molecule has 2 aliphatic carbocycles. The zero-order valence-corrected chi connectivity index (χ0v) is 23.6. The van der Waals surface area contributed by atoms with Crippen LogP contribution in [0.3, 0.4) is 0 Å². The summed E-state index contributed by atoms with van der Waals surface area (Å²) in [5.41, 5.74) is 11.4. The quantitative estimate of drug-likeness (QED) is 0.205. The van der Waals surface area contributed by atoms with Crippen LogP contribution in [0.15, 0.2) is 152 Å². The van der Waals surface area contributed by atoms with E-state index in [1.165, 1.54) is 51.1 Å². The Morgan fingerprint density at radius 2 is 0.841 bits per heavy atom. The van der Waals surface area contributed by atoms with E-state index >= 15 is 0 Å². The van der Waals surface area contributed by atoms with Gasteiger partial charge in [0.15, 0.2) is 0 Å². The number of halogens is 2. The molecule has 0 aromatic heterocycles. The third-order valence-corrected chi connectivity index (χ3v) is 9.34. The monoisotopic (exact) mass is 569 g/mol. The molecule has 44 heavy (non-hydrogen) atoms. The first-order valence-corrected chi connectivity index (χ1v) is 14.8. The molecule has 1 spiro atoms. The summed E-state index contributed by atoms with van der Waals surface area (Å²) < 4.78 is 29.4. The molecule has 2 aliphatic rings. The van der Waals surface area contributed by atoms with Crippen molar-refractivity contribution in [2.45, 2.75) is 5.41 Å². The lowest BCUT2D eigenvalue weighted by atomic mass is 9.70. The van der Waals surface area contributed by atoms with Crippen molar-refractivity contribution in [1.29, 1.82) is 0 Å². The first kappa shape index (κ1) is 25.0. The molecule has 0 fully saturated rings. The summed E-state index contributed by atoms with van der Waals surface area (Å²) in [5.74, 6) is -1.23. The van der Waals surface area contributed by atoms with Crippen LogP contribution in [0.4, 0.5) is 25.8 Å². The Labute approximate surface area is 254 Å². The maximum absolute atomic E-state index is 14.7. The Bertz CT molecular complexity index is 2220. The summed E-state index contributed by atoms with van der Waals surface area (Å²) in [6.45, 7) is 0. The van der Waals surface area contributed by atoms with E-state index in [-0.39, 0.29) is 0 Å². The molecule has 9 rings (SSSR count). The predicted octanol–water partition coefficient (Wildman–Crippen LogP) is 10.9. The molecule has 0 atom stereocenters. The minimum absolute atomic E-state index is 0.426. The second kappa shape index (κ2) is 9.23. The fourth-order valence-corrected chi connectivity index (χ4v) is 7.66. The van der Waals surface area contributed by atoms with Gasteiger partial charge in [0.2, 0.25) is 0 Å². The van der Waals surface area contributed by atoms with Crippen molar-refractivity contribution in [2.24, 2.45) is 0 Å². The molecule has 7 aromatic carbocycles. The number of hydrogen-bond acceptors (Lipinski definition) is 1. The van der Waals surface area contributed by atoms with Crippen LogP contribution < -0.4 is 4.90 Å². The molecule has 0 N–H and O–H groups in total. The third kappa shape index (κ3) is 3.38. The predicted molar refractivity (Wildman–Crippen MR) is 175 cm³/mol. The molecule has 0 amide bonds. The summed E-state index contributed by atoms with van der Waals surface area (Å²) in [7, 11) is 0. The molecule has 1 nitrogen and oxygen atoms in total. The SMILES string of the molecule is Fc1cc(F)cc(N(c2ccc3c(c2)-c2ccccc2C32c3ccccc3-c3ccccc32)c2ccc3ccccc3c2)c1. The Hall–Kier alpha value is -5.54. The zero-order chi connectivity index (χ0) is 29.4. The van der Waals surface area contributed by atoms with Crippen LogP contribution in [0, 0.1) is 11.6 Å². The maximum Gasteiger partial charge on any atom is 0.128 e. The van der Waals surface area contributed by atoms with Gasteiger partial charge in [0.1, 0.15) is 11.6 Å². The van der Waals surface area contributed by atoms with E-state index in [0.29, 0.717) is 5.69 Å². The maximum atomic E-state index is 14.7. The lowest BCUT2D eigenvalue weighted by molar-refractivity contribution is 0.584. The Morgan fingerprint density at radius 3 is 1.48 bits per heavy atom. The van der Waals surface area contributed by atoms with Crippen molar-refractivity contribution in [1.82, 2.24) is 0 Å². The minimum atomic E-state index is -0.615. The molecule has 7 aromatic rings. The van der Waals surface area contributed by atoms with E-state index < -0.39 is 17.0 Å². The summed E-state index contributed by atoms with van der Waals surface area (Å²) in [5, 5.41) is 2.15. The van der Waals surface area contributed by atoms with Gasteiger partial charge in [-0.25, -0.2) is 8.78 Å². The summed E-state index contributed by atoms with van der Waals surface area (Å²) in [6.07, 6.45) is 0. The van der Waals surface area contributed by atoms with Crippen LogP contribution in [0.5, 0.6) is 0 Å². The molecule has 3 heteroatoms. The summed E-state index contributed by atoms with van der Waals surface area (Å²) in [6, 6.07) is 50.5. The van der Waals surface area contributed by atoms with E-state index in [1.54, 1.807) is 0 Å². The molecule has 0 radical (unpaired) electrons. The van der Waals surface area contributed by atoms with Gasteiger partial charge >= 0.3 is 0 Å². The van der Waals surface area contributed by atoms with Gasteiger partial charge < -0.3 is 4.90 Å². The minimum Gasteiger partial charge on any atom is -0.310 e. The second-order valence-corrected chi connectivity index (χ2v) is 11.6. The topological polar surface area (TPSA) is 3.24 Å². The average Bonchev–Trinajstić information content (AvgIpc) is 3.52. The summed E-state index contributed by atoms with van der Waals surface area (Å²) in [4.78, 5) is 1.95. The van der Waals surface area contributed by atoms with Gasteiger partial charge in [-0.05, 0) is 91.7 Å². The van der Waals surface area contributed by atoms with E-state index in [2.05, 4.69) is 115 Å². The smallest absolute Gasteiger partial charge is 0.128 e. The Balaban J connectivity index is 1.32. The van der Waals surface area contributed by atoms with Crippen LogP contribution in [0.25, 0.3) is 33.0 Å². The van der Waals surface area contributed by atoms with E-state index in [9.17, 15) is 8.78 Å². The van der Waals surface area contributed by atoms with Gasteiger partial charge in [-0.3, -0.25) is 0 Å². The number of anilines is 3. The number of nitrogens with zero attached hydrogens (tertiary/aromatic N) is 1.